The van der Waals surface area contributed by atoms with Crippen molar-refractivity contribution in [2.45, 2.75) is 38.3 Å². The molecule has 0 spiro atoms. The van der Waals surface area contributed by atoms with Crippen LogP contribution in [0.4, 0.5) is 0 Å². The first-order chi connectivity index (χ1) is 9.15. The highest BCUT2D eigenvalue weighted by atomic mass is 127. The number of hydrogen-bond donors (Lipinski definition) is 1. The van der Waals surface area contributed by atoms with Gasteiger partial charge < -0.3 is 5.73 Å². The fraction of sp³-hybridized carbons (Fsp3) is 0.625. The second-order valence-corrected chi connectivity index (χ2v) is 7.45. The molecule has 1 saturated carbocycles. The van der Waals surface area contributed by atoms with Gasteiger partial charge in [0.05, 0.1) is 0 Å². The molecule has 19 heavy (non-hydrogen) atoms. The van der Waals surface area contributed by atoms with Gasteiger partial charge in [0.1, 0.15) is 0 Å². The molecule has 3 rings (SSSR count). The molecule has 1 heterocycles. The van der Waals surface area contributed by atoms with Crippen molar-refractivity contribution in [1.29, 1.82) is 0 Å². The average molecular weight is 370 g/mol. The van der Waals surface area contributed by atoms with E-state index in [1.807, 2.05) is 0 Å². The lowest BCUT2D eigenvalue weighted by Gasteiger charge is -2.30. The predicted octanol–water partition coefficient (Wildman–Crippen LogP) is 3.41. The van der Waals surface area contributed by atoms with Crippen molar-refractivity contribution in [3.8, 4) is 0 Å². The Kier molecular flexibility index (Phi) is 4.15. The number of benzene rings is 1. The van der Waals surface area contributed by atoms with E-state index < -0.39 is 0 Å². The zero-order valence-corrected chi connectivity index (χ0v) is 13.7. The molecule has 4 atom stereocenters. The highest BCUT2D eigenvalue weighted by molar-refractivity contribution is 14.1. The van der Waals surface area contributed by atoms with E-state index >= 15 is 0 Å². The molecule has 0 amide bonds. The Morgan fingerprint density at radius 3 is 2.63 bits per heavy atom. The summed E-state index contributed by atoms with van der Waals surface area (Å²) in [7, 11) is 0. The molecule has 0 bridgehead atoms. The maximum Gasteiger partial charge on any atom is 0.0320 e. The van der Waals surface area contributed by atoms with Gasteiger partial charge in [0.25, 0.3) is 0 Å². The molecular formula is C16H23IN2. The van der Waals surface area contributed by atoms with E-state index in [4.69, 9.17) is 5.73 Å². The zero-order valence-electron chi connectivity index (χ0n) is 11.6. The van der Waals surface area contributed by atoms with Gasteiger partial charge in [-0.2, -0.15) is 0 Å². The fourth-order valence-electron chi connectivity index (χ4n) is 3.82. The molecule has 1 aliphatic carbocycles. The Morgan fingerprint density at radius 1 is 1.21 bits per heavy atom. The van der Waals surface area contributed by atoms with Crippen LogP contribution in [0.2, 0.25) is 0 Å². The van der Waals surface area contributed by atoms with Gasteiger partial charge in [-0.1, -0.05) is 18.6 Å². The normalized spacial score (nSPS) is 33.1. The van der Waals surface area contributed by atoms with Crippen LogP contribution < -0.4 is 5.73 Å². The van der Waals surface area contributed by atoms with Crippen LogP contribution in [0.15, 0.2) is 24.3 Å². The second-order valence-electron chi connectivity index (χ2n) is 6.20. The molecule has 104 valence electrons. The SMILES string of the molecule is CC(c1ccc(I)cc1)N1CC2CCCC(N)C2C1. The van der Waals surface area contributed by atoms with E-state index in [1.54, 1.807) is 0 Å². The topological polar surface area (TPSA) is 29.3 Å². The molecule has 1 aliphatic heterocycles. The van der Waals surface area contributed by atoms with Crippen LogP contribution in [0.5, 0.6) is 0 Å². The quantitative estimate of drug-likeness (QED) is 0.809. The molecule has 2 fully saturated rings. The summed E-state index contributed by atoms with van der Waals surface area (Å²) in [4.78, 5) is 2.64. The maximum atomic E-state index is 6.31. The van der Waals surface area contributed by atoms with Crippen molar-refractivity contribution >= 4 is 22.6 Å². The molecule has 4 unspecified atom stereocenters. The van der Waals surface area contributed by atoms with Crippen molar-refractivity contribution < 1.29 is 0 Å². The summed E-state index contributed by atoms with van der Waals surface area (Å²) < 4.78 is 1.31. The highest BCUT2D eigenvalue weighted by Gasteiger charge is 2.40. The van der Waals surface area contributed by atoms with Gasteiger partial charge in [0, 0.05) is 28.7 Å². The van der Waals surface area contributed by atoms with Crippen LogP contribution >= 0.6 is 22.6 Å². The molecular weight excluding hydrogens is 347 g/mol. The van der Waals surface area contributed by atoms with E-state index in [1.165, 1.54) is 41.5 Å². The Balaban J connectivity index is 1.71. The number of rotatable bonds is 2. The average Bonchev–Trinajstić information content (AvgIpc) is 2.84. The summed E-state index contributed by atoms with van der Waals surface area (Å²) in [6.07, 6.45) is 3.94. The van der Waals surface area contributed by atoms with E-state index in [0.717, 1.165) is 11.8 Å². The lowest BCUT2D eigenvalue weighted by molar-refractivity contribution is 0.245. The number of halogens is 1. The largest absolute Gasteiger partial charge is 0.327 e. The summed E-state index contributed by atoms with van der Waals surface area (Å²) in [5, 5.41) is 0. The minimum absolute atomic E-state index is 0.438. The van der Waals surface area contributed by atoms with Crippen LogP contribution in [0.1, 0.15) is 37.8 Å². The van der Waals surface area contributed by atoms with Gasteiger partial charge in [0.2, 0.25) is 0 Å². The first-order valence-electron chi connectivity index (χ1n) is 7.40. The lowest BCUT2D eigenvalue weighted by atomic mass is 9.78. The lowest BCUT2D eigenvalue weighted by Crippen LogP contribution is -2.38. The Morgan fingerprint density at radius 2 is 1.95 bits per heavy atom. The van der Waals surface area contributed by atoms with Crippen molar-refractivity contribution in [3.05, 3.63) is 33.4 Å². The summed E-state index contributed by atoms with van der Waals surface area (Å²) in [5.74, 6) is 1.58. The minimum Gasteiger partial charge on any atom is -0.327 e. The third kappa shape index (κ3) is 2.83. The zero-order chi connectivity index (χ0) is 13.4. The van der Waals surface area contributed by atoms with Crippen LogP contribution in [-0.2, 0) is 0 Å². The fourth-order valence-corrected chi connectivity index (χ4v) is 4.18. The third-order valence-electron chi connectivity index (χ3n) is 5.08. The predicted molar refractivity (Wildman–Crippen MR) is 88.0 cm³/mol. The number of likely N-dealkylation sites (tertiary alicyclic amines) is 1. The van der Waals surface area contributed by atoms with Crippen LogP contribution in [-0.4, -0.2) is 24.0 Å². The van der Waals surface area contributed by atoms with Gasteiger partial charge in [-0.3, -0.25) is 4.90 Å². The van der Waals surface area contributed by atoms with Gasteiger partial charge in [-0.25, -0.2) is 0 Å². The molecule has 2 aliphatic rings. The van der Waals surface area contributed by atoms with E-state index in [9.17, 15) is 0 Å². The van der Waals surface area contributed by atoms with E-state index in [2.05, 4.69) is 58.7 Å². The molecule has 2 N–H and O–H groups in total. The molecule has 3 heteroatoms. The summed E-state index contributed by atoms with van der Waals surface area (Å²) >= 11 is 2.37. The Hall–Kier alpha value is -0.130. The second kappa shape index (κ2) is 5.70. The number of fused-ring (bicyclic) bond motifs is 1. The van der Waals surface area contributed by atoms with Crippen molar-refractivity contribution in [3.63, 3.8) is 0 Å². The molecule has 1 aromatic carbocycles. The van der Waals surface area contributed by atoms with Gasteiger partial charge >= 0.3 is 0 Å². The van der Waals surface area contributed by atoms with Crippen LogP contribution in [0.3, 0.4) is 0 Å². The summed E-state index contributed by atoms with van der Waals surface area (Å²) in [6.45, 7) is 4.77. The molecule has 0 radical (unpaired) electrons. The van der Waals surface area contributed by atoms with Crippen molar-refractivity contribution in [2.75, 3.05) is 13.1 Å². The van der Waals surface area contributed by atoms with E-state index in [-0.39, 0.29) is 0 Å². The Bertz CT molecular complexity index is 431. The summed E-state index contributed by atoms with van der Waals surface area (Å²) in [6, 6.07) is 9.92. The standard InChI is InChI=1S/C16H23IN2/c1-11(12-5-7-14(17)8-6-12)19-9-13-3-2-4-16(18)15(13)10-19/h5-8,11,13,15-16H,2-4,9-10,18H2,1H3. The van der Waals surface area contributed by atoms with E-state index in [0.29, 0.717) is 12.1 Å². The van der Waals surface area contributed by atoms with Crippen LogP contribution in [0, 0.1) is 15.4 Å². The first kappa shape index (κ1) is 13.8. The van der Waals surface area contributed by atoms with Crippen molar-refractivity contribution in [2.24, 2.45) is 17.6 Å². The highest BCUT2D eigenvalue weighted by Crippen LogP contribution is 2.38. The number of nitrogens with two attached hydrogens (primary N) is 1. The first-order valence-corrected chi connectivity index (χ1v) is 8.48. The molecule has 0 aromatic heterocycles. The van der Waals surface area contributed by atoms with Gasteiger partial charge in [-0.05, 0) is 71.9 Å². The monoisotopic (exact) mass is 370 g/mol. The minimum atomic E-state index is 0.438. The summed E-state index contributed by atoms with van der Waals surface area (Å²) in [5.41, 5.74) is 7.75. The number of nitrogens with zero attached hydrogens (tertiary/aromatic N) is 1. The van der Waals surface area contributed by atoms with Crippen LogP contribution in [0.25, 0.3) is 0 Å². The third-order valence-corrected chi connectivity index (χ3v) is 5.80. The van der Waals surface area contributed by atoms with Gasteiger partial charge in [0.15, 0.2) is 0 Å². The van der Waals surface area contributed by atoms with Crippen molar-refractivity contribution in [1.82, 2.24) is 4.90 Å². The number of hydrogen-bond acceptors (Lipinski definition) is 2. The maximum absolute atomic E-state index is 6.31. The molecule has 1 aromatic rings. The molecule has 1 saturated heterocycles. The van der Waals surface area contributed by atoms with Gasteiger partial charge in [-0.15, -0.1) is 0 Å². The smallest absolute Gasteiger partial charge is 0.0320 e. The molecule has 2 nitrogen and oxygen atoms in total. The Labute approximate surface area is 129 Å².